The minimum absolute atomic E-state index is 0.0920. The van der Waals surface area contributed by atoms with Crippen LogP contribution in [0.25, 0.3) is 0 Å². The van der Waals surface area contributed by atoms with Gasteiger partial charge in [0.2, 0.25) is 0 Å². The Bertz CT molecular complexity index is 212. The number of hydrogen-bond donors (Lipinski definition) is 1. The van der Waals surface area contributed by atoms with Crippen molar-refractivity contribution in [3.05, 3.63) is 12.2 Å². The van der Waals surface area contributed by atoms with Crippen molar-refractivity contribution in [2.75, 3.05) is 0 Å². The fraction of sp³-hybridized carbons (Fsp3) is 0.750. The third-order valence-electron chi connectivity index (χ3n) is 2.86. The quantitative estimate of drug-likeness (QED) is 0.702. The third-order valence-corrected chi connectivity index (χ3v) is 2.86. The first kappa shape index (κ1) is 11.4. The number of ketones is 1. The van der Waals surface area contributed by atoms with Crippen LogP contribution in [-0.4, -0.2) is 16.5 Å². The van der Waals surface area contributed by atoms with Gasteiger partial charge in [-0.1, -0.05) is 38.7 Å². The highest BCUT2D eigenvalue weighted by Gasteiger charge is 2.34. The summed E-state index contributed by atoms with van der Waals surface area (Å²) in [6.45, 7) is 2.07. The molecule has 80 valence electrons. The summed E-state index contributed by atoms with van der Waals surface area (Å²) in [5, 5.41) is 10.0. The number of hydrogen-bond acceptors (Lipinski definition) is 2. The van der Waals surface area contributed by atoms with Crippen molar-refractivity contribution in [3.8, 4) is 0 Å². The summed E-state index contributed by atoms with van der Waals surface area (Å²) in [5.41, 5.74) is -1.04. The van der Waals surface area contributed by atoms with Crippen LogP contribution in [0.4, 0.5) is 0 Å². The summed E-state index contributed by atoms with van der Waals surface area (Å²) in [6.07, 6.45) is 9.78. The van der Waals surface area contributed by atoms with Crippen LogP contribution in [0, 0.1) is 0 Å². The van der Waals surface area contributed by atoms with Gasteiger partial charge in [-0.2, -0.15) is 0 Å². The SMILES string of the molecule is CCC/C=C/C(=O)C1(O)CCCCC1. The normalized spacial score (nSPS) is 21.3. The van der Waals surface area contributed by atoms with Gasteiger partial charge in [-0.3, -0.25) is 4.79 Å². The molecule has 0 spiro atoms. The summed E-state index contributed by atoms with van der Waals surface area (Å²) >= 11 is 0. The summed E-state index contributed by atoms with van der Waals surface area (Å²) in [6, 6.07) is 0. The van der Waals surface area contributed by atoms with E-state index in [-0.39, 0.29) is 5.78 Å². The van der Waals surface area contributed by atoms with E-state index in [1.54, 1.807) is 6.08 Å². The van der Waals surface area contributed by atoms with Crippen LogP contribution in [-0.2, 0) is 4.79 Å². The molecule has 0 bridgehead atoms. The molecule has 1 fully saturated rings. The van der Waals surface area contributed by atoms with Crippen molar-refractivity contribution in [1.29, 1.82) is 0 Å². The average Bonchev–Trinajstić information content (AvgIpc) is 2.19. The molecule has 0 aromatic rings. The predicted molar refractivity (Wildman–Crippen MR) is 57.1 cm³/mol. The highest BCUT2D eigenvalue weighted by molar-refractivity contribution is 5.96. The number of carbonyl (C=O) groups is 1. The molecule has 1 aliphatic carbocycles. The number of unbranched alkanes of at least 4 members (excludes halogenated alkanes) is 1. The first-order valence-electron chi connectivity index (χ1n) is 5.62. The van der Waals surface area contributed by atoms with Gasteiger partial charge in [0.05, 0.1) is 0 Å². The van der Waals surface area contributed by atoms with Crippen LogP contribution >= 0.6 is 0 Å². The molecule has 2 heteroatoms. The van der Waals surface area contributed by atoms with E-state index in [9.17, 15) is 9.90 Å². The van der Waals surface area contributed by atoms with E-state index in [1.807, 2.05) is 6.08 Å². The first-order chi connectivity index (χ1) is 6.69. The molecule has 0 amide bonds. The lowest BCUT2D eigenvalue weighted by atomic mass is 9.81. The van der Waals surface area contributed by atoms with Crippen molar-refractivity contribution in [2.45, 2.75) is 57.5 Å². The van der Waals surface area contributed by atoms with E-state index < -0.39 is 5.60 Å². The zero-order valence-electron chi connectivity index (χ0n) is 8.96. The van der Waals surface area contributed by atoms with E-state index in [1.165, 1.54) is 0 Å². The lowest BCUT2D eigenvalue weighted by Gasteiger charge is -2.29. The van der Waals surface area contributed by atoms with E-state index in [0.717, 1.165) is 32.1 Å². The van der Waals surface area contributed by atoms with Gasteiger partial charge in [-0.25, -0.2) is 0 Å². The number of allylic oxidation sites excluding steroid dienone is 1. The van der Waals surface area contributed by atoms with Gasteiger partial charge in [0.1, 0.15) is 5.60 Å². The number of carbonyl (C=O) groups excluding carboxylic acids is 1. The molecule has 0 aromatic carbocycles. The summed E-state index contributed by atoms with van der Waals surface area (Å²) in [5.74, 6) is -0.0920. The molecule has 14 heavy (non-hydrogen) atoms. The van der Waals surface area contributed by atoms with Crippen LogP contribution in [0.1, 0.15) is 51.9 Å². The molecular formula is C12H20O2. The van der Waals surface area contributed by atoms with Crippen molar-refractivity contribution < 1.29 is 9.90 Å². The van der Waals surface area contributed by atoms with Crippen LogP contribution < -0.4 is 0 Å². The van der Waals surface area contributed by atoms with Gasteiger partial charge in [0, 0.05) is 0 Å². The Labute approximate surface area is 86.0 Å². The molecule has 0 aromatic heterocycles. The van der Waals surface area contributed by atoms with Crippen LogP contribution in [0.5, 0.6) is 0 Å². The van der Waals surface area contributed by atoms with Crippen molar-refractivity contribution in [3.63, 3.8) is 0 Å². The maximum absolute atomic E-state index is 11.7. The molecule has 0 saturated heterocycles. The smallest absolute Gasteiger partial charge is 0.186 e. The van der Waals surface area contributed by atoms with Gasteiger partial charge in [0.25, 0.3) is 0 Å². The minimum atomic E-state index is -1.04. The zero-order valence-corrected chi connectivity index (χ0v) is 8.96. The molecule has 1 aliphatic rings. The van der Waals surface area contributed by atoms with Crippen molar-refractivity contribution >= 4 is 5.78 Å². The van der Waals surface area contributed by atoms with E-state index in [4.69, 9.17) is 0 Å². The second-order valence-corrected chi connectivity index (χ2v) is 4.15. The zero-order chi connectivity index (χ0) is 10.4. The number of rotatable bonds is 4. The predicted octanol–water partition coefficient (Wildman–Crippen LogP) is 2.61. The number of aliphatic hydroxyl groups is 1. The molecule has 0 radical (unpaired) electrons. The van der Waals surface area contributed by atoms with Crippen LogP contribution in [0.3, 0.4) is 0 Å². The Balaban J connectivity index is 2.48. The highest BCUT2D eigenvalue weighted by Crippen LogP contribution is 2.29. The lowest BCUT2D eigenvalue weighted by molar-refractivity contribution is -0.135. The molecule has 0 atom stereocenters. The Morgan fingerprint density at radius 2 is 2.00 bits per heavy atom. The maximum Gasteiger partial charge on any atom is 0.186 e. The molecule has 1 N–H and O–H groups in total. The Hall–Kier alpha value is -0.630. The van der Waals surface area contributed by atoms with Crippen molar-refractivity contribution in [2.24, 2.45) is 0 Å². The molecule has 0 unspecified atom stereocenters. The fourth-order valence-corrected chi connectivity index (χ4v) is 1.90. The first-order valence-corrected chi connectivity index (χ1v) is 5.62. The molecule has 1 rings (SSSR count). The third kappa shape index (κ3) is 2.95. The highest BCUT2D eigenvalue weighted by atomic mass is 16.3. The van der Waals surface area contributed by atoms with Gasteiger partial charge >= 0.3 is 0 Å². The molecule has 0 heterocycles. The van der Waals surface area contributed by atoms with E-state index in [2.05, 4.69) is 6.92 Å². The maximum atomic E-state index is 11.7. The molecular weight excluding hydrogens is 176 g/mol. The standard InChI is InChI=1S/C12H20O2/c1-2-3-5-8-11(13)12(14)9-6-4-7-10-12/h5,8,14H,2-4,6-7,9-10H2,1H3/b8-5+. The average molecular weight is 196 g/mol. The second kappa shape index (κ2) is 5.30. The van der Waals surface area contributed by atoms with E-state index >= 15 is 0 Å². The summed E-state index contributed by atoms with van der Waals surface area (Å²) < 4.78 is 0. The fourth-order valence-electron chi connectivity index (χ4n) is 1.90. The van der Waals surface area contributed by atoms with E-state index in [0.29, 0.717) is 12.8 Å². The largest absolute Gasteiger partial charge is 0.382 e. The summed E-state index contributed by atoms with van der Waals surface area (Å²) in [7, 11) is 0. The molecule has 1 saturated carbocycles. The lowest BCUT2D eigenvalue weighted by Crippen LogP contribution is -2.39. The van der Waals surface area contributed by atoms with Gasteiger partial charge < -0.3 is 5.11 Å². The van der Waals surface area contributed by atoms with Crippen molar-refractivity contribution in [1.82, 2.24) is 0 Å². The van der Waals surface area contributed by atoms with Gasteiger partial charge in [-0.15, -0.1) is 0 Å². The van der Waals surface area contributed by atoms with Crippen LogP contribution in [0.15, 0.2) is 12.2 Å². The monoisotopic (exact) mass is 196 g/mol. The minimum Gasteiger partial charge on any atom is -0.382 e. The van der Waals surface area contributed by atoms with Crippen LogP contribution in [0.2, 0.25) is 0 Å². The topological polar surface area (TPSA) is 37.3 Å². The Kier molecular flexibility index (Phi) is 4.33. The van der Waals surface area contributed by atoms with Gasteiger partial charge in [0.15, 0.2) is 5.78 Å². The molecule has 2 nitrogen and oxygen atoms in total. The Morgan fingerprint density at radius 3 is 2.57 bits per heavy atom. The van der Waals surface area contributed by atoms with Gasteiger partial charge in [-0.05, 0) is 25.3 Å². The Morgan fingerprint density at radius 1 is 1.36 bits per heavy atom. The summed E-state index contributed by atoms with van der Waals surface area (Å²) in [4.78, 5) is 11.7. The molecule has 0 aliphatic heterocycles. The second-order valence-electron chi connectivity index (χ2n) is 4.15.